The van der Waals surface area contributed by atoms with Crippen molar-refractivity contribution in [3.8, 4) is 0 Å². The number of rotatable bonds is 3. The summed E-state index contributed by atoms with van der Waals surface area (Å²) in [6, 6.07) is 7.50. The molecule has 1 aliphatic heterocycles. The lowest BCUT2D eigenvalue weighted by Gasteiger charge is -2.26. The number of ether oxygens (including phenoxy) is 1. The predicted octanol–water partition coefficient (Wildman–Crippen LogP) is 2.48. The average Bonchev–Trinajstić information content (AvgIpc) is 2.95. The summed E-state index contributed by atoms with van der Waals surface area (Å²) in [6.45, 7) is 5.78. The molecule has 1 aromatic carbocycles. The van der Waals surface area contributed by atoms with Crippen LogP contribution in [0.2, 0.25) is 5.02 Å². The number of amides is 1. The molecule has 2 rings (SSSR count). The molecule has 92 valence electrons. The number of nitrogens with one attached hydrogen (secondary N) is 1. The van der Waals surface area contributed by atoms with Crippen molar-refractivity contribution in [1.82, 2.24) is 5.32 Å². The van der Waals surface area contributed by atoms with Crippen LogP contribution in [0.15, 0.2) is 24.3 Å². The van der Waals surface area contributed by atoms with Crippen molar-refractivity contribution >= 4 is 17.5 Å². The Labute approximate surface area is 106 Å². The van der Waals surface area contributed by atoms with Gasteiger partial charge < -0.3 is 10.1 Å². The van der Waals surface area contributed by atoms with Crippen molar-refractivity contribution in [1.29, 1.82) is 0 Å². The first-order valence-electron chi connectivity index (χ1n) is 5.64. The van der Waals surface area contributed by atoms with Gasteiger partial charge in [-0.3, -0.25) is 4.79 Å². The first-order chi connectivity index (χ1) is 7.90. The standard InChI is InChI=1S/C13H16ClNO2/c1-8-11(17-8)12(16)15-13(2,3)9-5-4-6-10(14)7-9/h4-8,11H,1-3H3,(H,15,16). The molecular weight excluding hydrogens is 238 g/mol. The SMILES string of the molecule is CC1OC1C(=O)NC(C)(C)c1cccc(Cl)c1. The lowest BCUT2D eigenvalue weighted by atomic mass is 9.94. The number of benzene rings is 1. The van der Waals surface area contributed by atoms with E-state index in [1.54, 1.807) is 0 Å². The van der Waals surface area contributed by atoms with Crippen LogP contribution in [-0.4, -0.2) is 18.1 Å². The second kappa shape index (κ2) is 4.31. The zero-order valence-corrected chi connectivity index (χ0v) is 10.9. The number of epoxide rings is 1. The summed E-state index contributed by atoms with van der Waals surface area (Å²) in [6.07, 6.45) is -0.265. The third kappa shape index (κ3) is 2.79. The van der Waals surface area contributed by atoms with Gasteiger partial charge in [-0.2, -0.15) is 0 Å². The maximum atomic E-state index is 11.8. The summed E-state index contributed by atoms with van der Waals surface area (Å²) in [5.41, 5.74) is 0.528. The highest BCUT2D eigenvalue weighted by atomic mass is 35.5. The molecule has 1 fully saturated rings. The fourth-order valence-electron chi connectivity index (χ4n) is 1.79. The van der Waals surface area contributed by atoms with E-state index >= 15 is 0 Å². The number of carbonyl (C=O) groups excluding carboxylic acids is 1. The Bertz CT molecular complexity index is 445. The van der Waals surface area contributed by atoms with Crippen LogP contribution in [0.4, 0.5) is 0 Å². The minimum atomic E-state index is -0.451. The fraction of sp³-hybridized carbons (Fsp3) is 0.462. The second-order valence-electron chi connectivity index (χ2n) is 4.89. The van der Waals surface area contributed by atoms with Gasteiger partial charge >= 0.3 is 0 Å². The molecule has 1 aliphatic rings. The Kier molecular flexibility index (Phi) is 3.15. The van der Waals surface area contributed by atoms with Gasteiger partial charge in [0, 0.05) is 5.02 Å². The van der Waals surface area contributed by atoms with Crippen LogP contribution in [0.3, 0.4) is 0 Å². The van der Waals surface area contributed by atoms with Crippen molar-refractivity contribution < 1.29 is 9.53 Å². The van der Waals surface area contributed by atoms with Gasteiger partial charge in [-0.05, 0) is 38.5 Å². The topological polar surface area (TPSA) is 41.6 Å². The van der Waals surface area contributed by atoms with Gasteiger partial charge in [0.15, 0.2) is 6.10 Å². The van der Waals surface area contributed by atoms with Gasteiger partial charge in [0.1, 0.15) is 0 Å². The average molecular weight is 254 g/mol. The van der Waals surface area contributed by atoms with Crippen LogP contribution in [0, 0.1) is 0 Å². The van der Waals surface area contributed by atoms with E-state index in [1.165, 1.54) is 0 Å². The van der Waals surface area contributed by atoms with Crippen LogP contribution < -0.4 is 5.32 Å². The molecule has 2 atom stereocenters. The third-order valence-electron chi connectivity index (χ3n) is 2.95. The highest BCUT2D eigenvalue weighted by Crippen LogP contribution is 2.26. The third-order valence-corrected chi connectivity index (χ3v) is 3.19. The summed E-state index contributed by atoms with van der Waals surface area (Å²) in [7, 11) is 0. The van der Waals surface area contributed by atoms with Gasteiger partial charge in [-0.25, -0.2) is 0 Å². The molecule has 3 nitrogen and oxygen atoms in total. The molecule has 17 heavy (non-hydrogen) atoms. The smallest absolute Gasteiger partial charge is 0.252 e. The quantitative estimate of drug-likeness (QED) is 0.841. The summed E-state index contributed by atoms with van der Waals surface area (Å²) in [5, 5.41) is 3.64. The number of hydrogen-bond acceptors (Lipinski definition) is 2. The maximum Gasteiger partial charge on any atom is 0.252 e. The highest BCUT2D eigenvalue weighted by Gasteiger charge is 2.42. The van der Waals surface area contributed by atoms with E-state index in [1.807, 2.05) is 45.0 Å². The maximum absolute atomic E-state index is 11.8. The molecular formula is C13H16ClNO2. The molecule has 0 aliphatic carbocycles. The zero-order valence-electron chi connectivity index (χ0n) is 10.2. The van der Waals surface area contributed by atoms with E-state index < -0.39 is 5.54 Å². The van der Waals surface area contributed by atoms with Crippen molar-refractivity contribution in [2.45, 2.75) is 38.5 Å². The van der Waals surface area contributed by atoms with E-state index in [4.69, 9.17) is 16.3 Å². The Morgan fingerprint density at radius 1 is 1.47 bits per heavy atom. The minimum absolute atomic E-state index is 0.0326. The van der Waals surface area contributed by atoms with Gasteiger partial charge in [0.25, 0.3) is 5.91 Å². The van der Waals surface area contributed by atoms with Crippen molar-refractivity contribution in [2.75, 3.05) is 0 Å². The molecule has 1 N–H and O–H groups in total. The molecule has 0 radical (unpaired) electrons. The van der Waals surface area contributed by atoms with Crippen LogP contribution in [0.5, 0.6) is 0 Å². The lowest BCUT2D eigenvalue weighted by Crippen LogP contribution is -2.43. The zero-order chi connectivity index (χ0) is 12.6. The molecule has 0 saturated carbocycles. The number of hydrogen-bond donors (Lipinski definition) is 1. The first-order valence-corrected chi connectivity index (χ1v) is 6.01. The monoisotopic (exact) mass is 253 g/mol. The Balaban J connectivity index is 2.10. The molecule has 1 amide bonds. The summed E-state index contributed by atoms with van der Waals surface area (Å²) in [4.78, 5) is 11.8. The Hall–Kier alpha value is -1.06. The lowest BCUT2D eigenvalue weighted by molar-refractivity contribution is -0.124. The second-order valence-corrected chi connectivity index (χ2v) is 5.32. The van der Waals surface area contributed by atoms with Crippen LogP contribution in [0.25, 0.3) is 0 Å². The molecule has 1 aromatic rings. The molecule has 1 saturated heterocycles. The number of halogens is 1. The van der Waals surface area contributed by atoms with Crippen LogP contribution >= 0.6 is 11.6 Å². The van der Waals surface area contributed by atoms with Crippen LogP contribution in [-0.2, 0) is 15.1 Å². The summed E-state index contributed by atoms with van der Waals surface area (Å²) >= 11 is 5.95. The van der Waals surface area contributed by atoms with E-state index in [-0.39, 0.29) is 18.1 Å². The first kappa shape index (κ1) is 12.4. The minimum Gasteiger partial charge on any atom is -0.359 e. The molecule has 4 heteroatoms. The Morgan fingerprint density at radius 3 is 2.65 bits per heavy atom. The summed E-state index contributed by atoms with van der Waals surface area (Å²) < 4.78 is 5.15. The van der Waals surface area contributed by atoms with Crippen molar-refractivity contribution in [3.05, 3.63) is 34.9 Å². The molecule has 2 unspecified atom stereocenters. The molecule has 0 spiro atoms. The fourth-order valence-corrected chi connectivity index (χ4v) is 1.98. The largest absolute Gasteiger partial charge is 0.359 e. The van der Waals surface area contributed by atoms with Gasteiger partial charge in [-0.15, -0.1) is 0 Å². The molecule has 0 aromatic heterocycles. The highest BCUT2D eigenvalue weighted by molar-refractivity contribution is 6.30. The van der Waals surface area contributed by atoms with Crippen molar-refractivity contribution in [2.24, 2.45) is 0 Å². The Morgan fingerprint density at radius 2 is 2.12 bits per heavy atom. The van der Waals surface area contributed by atoms with E-state index in [0.717, 1.165) is 5.56 Å². The van der Waals surface area contributed by atoms with Gasteiger partial charge in [-0.1, -0.05) is 23.7 Å². The van der Waals surface area contributed by atoms with Gasteiger partial charge in [0.05, 0.1) is 11.6 Å². The van der Waals surface area contributed by atoms with Gasteiger partial charge in [0.2, 0.25) is 0 Å². The predicted molar refractivity (Wildman–Crippen MR) is 67.0 cm³/mol. The number of carbonyl (C=O) groups is 1. The van der Waals surface area contributed by atoms with E-state index in [9.17, 15) is 4.79 Å². The summed E-state index contributed by atoms with van der Waals surface area (Å²) in [5.74, 6) is -0.0672. The molecule has 1 heterocycles. The molecule has 0 bridgehead atoms. The van der Waals surface area contributed by atoms with Crippen molar-refractivity contribution in [3.63, 3.8) is 0 Å². The van der Waals surface area contributed by atoms with Crippen LogP contribution in [0.1, 0.15) is 26.3 Å². The normalized spacial score (nSPS) is 23.3. The van der Waals surface area contributed by atoms with E-state index in [0.29, 0.717) is 5.02 Å². The van der Waals surface area contributed by atoms with E-state index in [2.05, 4.69) is 5.32 Å².